The third-order valence-electron chi connectivity index (χ3n) is 3.23. The molecule has 0 radical (unpaired) electrons. The Kier molecular flexibility index (Phi) is 7.51. The molecule has 1 heterocycles. The van der Waals surface area contributed by atoms with Crippen LogP contribution in [0.15, 0.2) is 12.2 Å². The lowest BCUT2D eigenvalue weighted by Crippen LogP contribution is -2.49. The van der Waals surface area contributed by atoms with Crippen molar-refractivity contribution < 1.29 is 13.8 Å². The molecule has 0 spiro atoms. The third-order valence-corrected chi connectivity index (χ3v) is 4.37. The molecule has 0 saturated carbocycles. The highest BCUT2D eigenvalue weighted by Gasteiger charge is 2.23. The predicted octanol–water partition coefficient (Wildman–Crippen LogP) is 0.828. The van der Waals surface area contributed by atoms with Gasteiger partial charge in [0.2, 0.25) is 11.8 Å². The maximum atomic E-state index is 12.1. The maximum Gasteiger partial charge on any atom is 0.244 e. The molecule has 1 fully saturated rings. The molecular formula is C14H24N2O3S. The molecule has 1 saturated heterocycles. The fraction of sp³-hybridized carbons (Fsp3) is 0.714. The Morgan fingerprint density at radius 1 is 1.30 bits per heavy atom. The molecule has 114 valence electrons. The van der Waals surface area contributed by atoms with Crippen LogP contribution >= 0.6 is 0 Å². The fourth-order valence-electron chi connectivity index (χ4n) is 2.14. The summed E-state index contributed by atoms with van der Waals surface area (Å²) in [6, 6.07) is -0.542. The van der Waals surface area contributed by atoms with E-state index in [-0.39, 0.29) is 17.6 Å². The van der Waals surface area contributed by atoms with Crippen molar-refractivity contribution in [3.63, 3.8) is 0 Å². The number of likely N-dealkylation sites (tertiary alicyclic amines) is 1. The van der Waals surface area contributed by atoms with Crippen LogP contribution in [0.2, 0.25) is 0 Å². The van der Waals surface area contributed by atoms with E-state index in [1.807, 2.05) is 6.92 Å². The van der Waals surface area contributed by atoms with E-state index in [4.69, 9.17) is 0 Å². The van der Waals surface area contributed by atoms with Crippen LogP contribution < -0.4 is 5.32 Å². The van der Waals surface area contributed by atoms with E-state index in [1.165, 1.54) is 0 Å². The lowest BCUT2D eigenvalue weighted by atomic mass is 10.1. The normalized spacial score (nSPS) is 18.8. The van der Waals surface area contributed by atoms with Crippen molar-refractivity contribution >= 4 is 22.6 Å². The van der Waals surface area contributed by atoms with Crippen molar-refractivity contribution in [1.29, 1.82) is 0 Å². The summed E-state index contributed by atoms with van der Waals surface area (Å²) in [7, 11) is -1.21. The zero-order valence-corrected chi connectivity index (χ0v) is 13.1. The largest absolute Gasteiger partial charge is 0.344 e. The Bertz CT molecular complexity index is 390. The fourth-order valence-corrected chi connectivity index (χ4v) is 3.04. The lowest BCUT2D eigenvalue weighted by molar-refractivity contribution is -0.136. The van der Waals surface area contributed by atoms with E-state index in [9.17, 15) is 13.8 Å². The lowest BCUT2D eigenvalue weighted by Gasteiger charge is -2.29. The van der Waals surface area contributed by atoms with Gasteiger partial charge in [-0.15, -0.1) is 0 Å². The smallest absolute Gasteiger partial charge is 0.244 e. The van der Waals surface area contributed by atoms with Gasteiger partial charge in [-0.2, -0.15) is 0 Å². The van der Waals surface area contributed by atoms with Crippen molar-refractivity contribution in [1.82, 2.24) is 10.2 Å². The van der Waals surface area contributed by atoms with E-state index < -0.39 is 16.8 Å². The van der Waals surface area contributed by atoms with Crippen LogP contribution in [0, 0.1) is 0 Å². The summed E-state index contributed by atoms with van der Waals surface area (Å²) < 4.78 is 11.6. The van der Waals surface area contributed by atoms with Crippen molar-refractivity contribution in [3.8, 4) is 0 Å². The second kappa shape index (κ2) is 8.89. The predicted molar refractivity (Wildman–Crippen MR) is 80.7 cm³/mol. The van der Waals surface area contributed by atoms with E-state index in [2.05, 4.69) is 5.32 Å². The van der Waals surface area contributed by atoms with Gasteiger partial charge in [-0.1, -0.05) is 12.2 Å². The minimum Gasteiger partial charge on any atom is -0.344 e. The van der Waals surface area contributed by atoms with Gasteiger partial charge in [0.05, 0.1) is 0 Å². The molecule has 0 aromatic heterocycles. The van der Waals surface area contributed by atoms with Crippen LogP contribution in [0.25, 0.3) is 0 Å². The van der Waals surface area contributed by atoms with Crippen LogP contribution in [-0.4, -0.2) is 51.6 Å². The Balaban J connectivity index is 2.36. The highest BCUT2D eigenvalue weighted by atomic mass is 32.2. The van der Waals surface area contributed by atoms with E-state index in [1.54, 1.807) is 24.0 Å². The van der Waals surface area contributed by atoms with Gasteiger partial charge in [0.1, 0.15) is 11.8 Å². The summed E-state index contributed by atoms with van der Waals surface area (Å²) in [4.78, 5) is 25.6. The summed E-state index contributed by atoms with van der Waals surface area (Å²) in [5.74, 6) is -0.0525. The number of rotatable bonds is 6. The van der Waals surface area contributed by atoms with Gasteiger partial charge in [0.25, 0.3) is 0 Å². The van der Waals surface area contributed by atoms with E-state index >= 15 is 0 Å². The SMILES string of the molecule is C/C=C/CS(=O)CC(=O)NC(C)C(=O)N1CCCCC1. The number of nitrogens with one attached hydrogen (secondary N) is 1. The highest BCUT2D eigenvalue weighted by Crippen LogP contribution is 2.09. The summed E-state index contributed by atoms with van der Waals surface area (Å²) in [5, 5.41) is 2.64. The van der Waals surface area contributed by atoms with Gasteiger partial charge >= 0.3 is 0 Å². The minimum atomic E-state index is -1.21. The molecule has 0 aromatic rings. The van der Waals surface area contributed by atoms with Crippen LogP contribution in [0.1, 0.15) is 33.1 Å². The van der Waals surface area contributed by atoms with E-state index in [0.717, 1.165) is 32.4 Å². The van der Waals surface area contributed by atoms with Gasteiger partial charge in [0.15, 0.2) is 0 Å². The molecule has 2 atom stereocenters. The summed E-state index contributed by atoms with van der Waals surface area (Å²) in [5.41, 5.74) is 0. The van der Waals surface area contributed by atoms with Crippen LogP contribution in [0.3, 0.4) is 0 Å². The molecule has 1 aliphatic rings. The number of hydrogen-bond donors (Lipinski definition) is 1. The van der Waals surface area contributed by atoms with E-state index in [0.29, 0.717) is 5.75 Å². The molecule has 1 rings (SSSR count). The van der Waals surface area contributed by atoms with Crippen molar-refractivity contribution in [2.45, 2.75) is 39.2 Å². The number of hydrogen-bond acceptors (Lipinski definition) is 3. The molecular weight excluding hydrogens is 276 g/mol. The number of piperidine rings is 1. The van der Waals surface area contributed by atoms with Crippen molar-refractivity contribution in [2.24, 2.45) is 0 Å². The second-order valence-electron chi connectivity index (χ2n) is 5.00. The molecule has 0 bridgehead atoms. The maximum absolute atomic E-state index is 12.1. The van der Waals surface area contributed by atoms with Gasteiger partial charge in [0, 0.05) is 29.6 Å². The highest BCUT2D eigenvalue weighted by molar-refractivity contribution is 7.85. The average molecular weight is 300 g/mol. The Morgan fingerprint density at radius 3 is 2.55 bits per heavy atom. The van der Waals surface area contributed by atoms with Gasteiger partial charge in [-0.25, -0.2) is 0 Å². The Labute approximate surface area is 123 Å². The molecule has 1 N–H and O–H groups in total. The van der Waals surface area contributed by atoms with Crippen molar-refractivity contribution in [2.75, 3.05) is 24.6 Å². The zero-order chi connectivity index (χ0) is 15.0. The second-order valence-corrected chi connectivity index (χ2v) is 6.50. The van der Waals surface area contributed by atoms with Crippen LogP contribution in [-0.2, 0) is 20.4 Å². The third kappa shape index (κ3) is 5.86. The summed E-state index contributed by atoms with van der Waals surface area (Å²) in [6.45, 7) is 5.07. The minimum absolute atomic E-state index is 0.0442. The Hall–Kier alpha value is -1.17. The first-order valence-electron chi connectivity index (χ1n) is 7.09. The summed E-state index contributed by atoms with van der Waals surface area (Å²) in [6.07, 6.45) is 6.79. The van der Waals surface area contributed by atoms with Gasteiger partial charge < -0.3 is 10.2 Å². The molecule has 1 aliphatic heterocycles. The first-order chi connectivity index (χ1) is 9.54. The number of carbonyl (C=O) groups excluding carboxylic acids is 2. The monoisotopic (exact) mass is 300 g/mol. The molecule has 6 heteroatoms. The van der Waals surface area contributed by atoms with Crippen LogP contribution in [0.4, 0.5) is 0 Å². The first kappa shape index (κ1) is 16.9. The quantitative estimate of drug-likeness (QED) is 0.739. The Morgan fingerprint density at radius 2 is 1.95 bits per heavy atom. The van der Waals surface area contributed by atoms with Crippen LogP contribution in [0.5, 0.6) is 0 Å². The number of nitrogens with zero attached hydrogens (tertiary/aromatic N) is 1. The average Bonchev–Trinajstić information content (AvgIpc) is 2.45. The molecule has 0 aromatic carbocycles. The van der Waals surface area contributed by atoms with Gasteiger partial charge in [-0.05, 0) is 33.1 Å². The number of allylic oxidation sites excluding steroid dienone is 1. The first-order valence-corrected chi connectivity index (χ1v) is 8.57. The molecule has 2 unspecified atom stereocenters. The topological polar surface area (TPSA) is 66.5 Å². The summed E-state index contributed by atoms with van der Waals surface area (Å²) >= 11 is 0. The number of amides is 2. The molecule has 5 nitrogen and oxygen atoms in total. The molecule has 2 amide bonds. The van der Waals surface area contributed by atoms with Gasteiger partial charge in [-0.3, -0.25) is 13.8 Å². The van der Waals surface area contributed by atoms with Crippen molar-refractivity contribution in [3.05, 3.63) is 12.2 Å². The standard InChI is InChI=1S/C14H24N2O3S/c1-3-4-10-20(19)11-13(17)15-12(2)14(18)16-8-6-5-7-9-16/h3-4,12H,5-11H2,1-2H3,(H,15,17)/b4-3+. The zero-order valence-electron chi connectivity index (χ0n) is 12.3. The number of carbonyl (C=O) groups is 2. The molecule has 20 heavy (non-hydrogen) atoms. The molecule has 0 aliphatic carbocycles.